The Hall–Kier alpha value is -1.61. The second kappa shape index (κ2) is 7.33. The zero-order chi connectivity index (χ0) is 20.1. The molecule has 1 aromatic heterocycles. The van der Waals surface area contributed by atoms with Crippen molar-refractivity contribution < 1.29 is 13.9 Å². The van der Waals surface area contributed by atoms with Gasteiger partial charge in [-0.1, -0.05) is 0 Å². The predicted octanol–water partition coefficient (Wildman–Crippen LogP) is 1.75. The van der Waals surface area contributed by atoms with Gasteiger partial charge in [0.15, 0.2) is 0 Å². The van der Waals surface area contributed by atoms with Crippen molar-refractivity contribution in [2.45, 2.75) is 70.0 Å². The van der Waals surface area contributed by atoms with Gasteiger partial charge in [0.1, 0.15) is 11.7 Å². The second-order valence-electron chi connectivity index (χ2n) is 8.98. The predicted molar refractivity (Wildman–Crippen MR) is 102 cm³/mol. The Morgan fingerprint density at radius 2 is 2.11 bits per heavy atom. The van der Waals surface area contributed by atoms with Crippen LogP contribution in [0.25, 0.3) is 0 Å². The number of hydrogen-bond donors (Lipinski definition) is 3. The number of halogens is 2. The molecule has 1 saturated heterocycles. The maximum Gasteiger partial charge on any atom is 0.105 e. The first kappa shape index (κ1) is 19.7. The van der Waals surface area contributed by atoms with Gasteiger partial charge < -0.3 is 16.2 Å². The molecule has 6 nitrogen and oxygen atoms in total. The Balaban J connectivity index is 1.35. The van der Waals surface area contributed by atoms with Crippen LogP contribution in [0.2, 0.25) is 0 Å². The third-order valence-electron chi connectivity index (χ3n) is 5.94. The van der Waals surface area contributed by atoms with Crippen LogP contribution in [-0.2, 0) is 19.6 Å². The molecule has 0 spiro atoms. The van der Waals surface area contributed by atoms with Crippen LogP contribution in [0.15, 0.2) is 30.0 Å². The second-order valence-corrected chi connectivity index (χ2v) is 8.98. The lowest BCUT2D eigenvalue weighted by atomic mass is 9.82. The molecular weight excluding hydrogens is 364 g/mol. The fourth-order valence-electron chi connectivity index (χ4n) is 4.62. The van der Waals surface area contributed by atoms with Crippen LogP contribution in [0.4, 0.5) is 8.78 Å². The lowest BCUT2D eigenvalue weighted by Gasteiger charge is -2.42. The third-order valence-corrected chi connectivity index (χ3v) is 5.94. The summed E-state index contributed by atoms with van der Waals surface area (Å²) in [7, 11) is 0. The molecule has 0 aromatic carbocycles. The number of nitrogens with zero attached hydrogens (tertiary/aromatic N) is 3. The Labute approximate surface area is 164 Å². The highest BCUT2D eigenvalue weighted by molar-refractivity contribution is 5.24. The molecule has 1 aliphatic carbocycles. The van der Waals surface area contributed by atoms with E-state index in [9.17, 15) is 13.9 Å². The Kier molecular flexibility index (Phi) is 5.16. The Morgan fingerprint density at radius 1 is 1.32 bits per heavy atom. The topological polar surface area (TPSA) is 79.3 Å². The summed E-state index contributed by atoms with van der Waals surface area (Å²) >= 11 is 0. The number of rotatable bonds is 4. The van der Waals surface area contributed by atoms with Crippen LogP contribution in [0.5, 0.6) is 0 Å². The highest BCUT2D eigenvalue weighted by Gasteiger charge is 2.39. The van der Waals surface area contributed by atoms with E-state index in [1.54, 1.807) is 13.8 Å². The van der Waals surface area contributed by atoms with Crippen molar-refractivity contribution in [3.63, 3.8) is 0 Å². The van der Waals surface area contributed by atoms with Crippen LogP contribution in [0.3, 0.4) is 0 Å². The lowest BCUT2D eigenvalue weighted by molar-refractivity contribution is 0.0570. The number of aliphatic hydroxyl groups is 1. The van der Waals surface area contributed by atoms with E-state index in [1.165, 1.54) is 17.7 Å². The summed E-state index contributed by atoms with van der Waals surface area (Å²) in [6.07, 6.45) is 5.23. The van der Waals surface area contributed by atoms with Gasteiger partial charge in [-0.3, -0.25) is 9.58 Å². The molecule has 0 saturated carbocycles. The van der Waals surface area contributed by atoms with E-state index in [0.717, 1.165) is 25.2 Å². The first-order valence-electron chi connectivity index (χ1n) is 9.92. The van der Waals surface area contributed by atoms with Gasteiger partial charge in [-0.2, -0.15) is 5.10 Å². The molecule has 2 aliphatic heterocycles. The number of nitrogens with one attached hydrogen (secondary N) is 1. The van der Waals surface area contributed by atoms with Crippen LogP contribution in [0.1, 0.15) is 37.9 Å². The first-order valence-corrected chi connectivity index (χ1v) is 9.92. The molecule has 3 unspecified atom stereocenters. The van der Waals surface area contributed by atoms with Crippen LogP contribution >= 0.6 is 0 Å². The van der Waals surface area contributed by atoms with E-state index in [4.69, 9.17) is 5.73 Å². The van der Waals surface area contributed by atoms with Gasteiger partial charge in [-0.25, -0.2) is 8.78 Å². The van der Waals surface area contributed by atoms with Crippen molar-refractivity contribution >= 4 is 0 Å². The average molecular weight is 393 g/mol. The van der Waals surface area contributed by atoms with Crippen molar-refractivity contribution in [1.29, 1.82) is 0 Å². The van der Waals surface area contributed by atoms with E-state index in [1.807, 2.05) is 10.9 Å². The number of nitrogens with two attached hydrogens (primary N) is 1. The maximum atomic E-state index is 14.2. The zero-order valence-electron chi connectivity index (χ0n) is 16.4. The molecule has 1 aromatic rings. The number of piperidine rings is 1. The largest absolute Gasteiger partial charge is 0.389 e. The molecular formula is C20H29F2N5O. The van der Waals surface area contributed by atoms with E-state index in [-0.39, 0.29) is 36.2 Å². The van der Waals surface area contributed by atoms with Gasteiger partial charge >= 0.3 is 0 Å². The summed E-state index contributed by atoms with van der Waals surface area (Å²) in [5.41, 5.74) is 7.79. The van der Waals surface area contributed by atoms with Gasteiger partial charge in [-0.05, 0) is 32.4 Å². The number of aromatic nitrogens is 2. The summed E-state index contributed by atoms with van der Waals surface area (Å²) in [6.45, 7) is 6.23. The van der Waals surface area contributed by atoms with Crippen molar-refractivity contribution in [3.8, 4) is 0 Å². The van der Waals surface area contributed by atoms with Crippen molar-refractivity contribution in [3.05, 3.63) is 41.3 Å². The van der Waals surface area contributed by atoms with E-state index in [0.29, 0.717) is 13.1 Å². The van der Waals surface area contributed by atoms with E-state index < -0.39 is 11.5 Å². The minimum absolute atomic E-state index is 0.0722. The molecule has 4 atom stereocenters. The Morgan fingerprint density at radius 3 is 2.79 bits per heavy atom. The van der Waals surface area contributed by atoms with E-state index in [2.05, 4.69) is 15.3 Å². The molecule has 28 heavy (non-hydrogen) atoms. The van der Waals surface area contributed by atoms with Gasteiger partial charge in [-0.15, -0.1) is 0 Å². The molecule has 0 radical (unpaired) electrons. The molecule has 4 N–H and O–H groups in total. The zero-order valence-corrected chi connectivity index (χ0v) is 16.4. The molecule has 4 rings (SSSR count). The third kappa shape index (κ3) is 4.05. The molecule has 8 heteroatoms. The minimum Gasteiger partial charge on any atom is -0.389 e. The van der Waals surface area contributed by atoms with Gasteiger partial charge in [0.05, 0.1) is 17.8 Å². The fourth-order valence-corrected chi connectivity index (χ4v) is 4.62. The van der Waals surface area contributed by atoms with Gasteiger partial charge in [0.2, 0.25) is 0 Å². The highest BCUT2D eigenvalue weighted by atomic mass is 19.1. The molecule has 3 heterocycles. The molecule has 0 amide bonds. The summed E-state index contributed by atoms with van der Waals surface area (Å²) in [5.74, 6) is -1.12. The Bertz CT molecular complexity index is 774. The summed E-state index contributed by atoms with van der Waals surface area (Å²) in [6, 6.07) is -0.260. The highest BCUT2D eigenvalue weighted by Crippen LogP contribution is 2.34. The smallest absolute Gasteiger partial charge is 0.105 e. The average Bonchev–Trinajstić information content (AvgIpc) is 3.14. The SMILES string of the molecule is CC(C)(O)Cn1cc2c(n1)CN(C1CN[C@H](C3CC(F)=CC=C3F)C(N)C1)C2. The molecule has 3 aliphatic rings. The van der Waals surface area contributed by atoms with Crippen molar-refractivity contribution in [1.82, 2.24) is 20.0 Å². The summed E-state index contributed by atoms with van der Waals surface area (Å²) < 4.78 is 29.6. The summed E-state index contributed by atoms with van der Waals surface area (Å²) in [5, 5.41) is 17.9. The fraction of sp³-hybridized carbons (Fsp3) is 0.650. The van der Waals surface area contributed by atoms with Crippen molar-refractivity contribution in [2.24, 2.45) is 11.7 Å². The van der Waals surface area contributed by atoms with E-state index >= 15 is 0 Å². The van der Waals surface area contributed by atoms with Gasteiger partial charge in [0, 0.05) is 61.9 Å². The van der Waals surface area contributed by atoms with Crippen molar-refractivity contribution in [2.75, 3.05) is 6.54 Å². The van der Waals surface area contributed by atoms with Crippen LogP contribution in [0, 0.1) is 5.92 Å². The molecule has 0 bridgehead atoms. The number of allylic oxidation sites excluding steroid dienone is 3. The first-order chi connectivity index (χ1) is 13.2. The number of hydrogen-bond acceptors (Lipinski definition) is 5. The minimum atomic E-state index is -0.800. The van der Waals surface area contributed by atoms with Gasteiger partial charge in [0.25, 0.3) is 0 Å². The quantitative estimate of drug-likeness (QED) is 0.726. The molecule has 154 valence electrons. The summed E-state index contributed by atoms with van der Waals surface area (Å²) in [4.78, 5) is 2.34. The van der Waals surface area contributed by atoms with Crippen LogP contribution in [-0.4, -0.2) is 50.1 Å². The lowest BCUT2D eigenvalue weighted by Crippen LogP contribution is -2.60. The maximum absolute atomic E-state index is 14.2. The van der Waals surface area contributed by atoms with Crippen LogP contribution < -0.4 is 11.1 Å². The standard InChI is InChI=1S/C20H29F2N5O/c1-20(2,28)11-27-9-12-8-26(10-18(12)25-27)14-6-17(23)19(24-7-14)15-5-13(21)3-4-16(15)22/h3-4,9,14-15,17,19,24,28H,5-8,10-11,23H2,1-2H3/t14?,15?,17?,19-/m1/s1. The number of fused-ring (bicyclic) bond motifs is 1. The molecule has 1 fully saturated rings. The normalized spacial score (nSPS) is 31.5. The monoisotopic (exact) mass is 393 g/mol.